The zero-order valence-corrected chi connectivity index (χ0v) is 7.57. The first-order valence-electron chi connectivity index (χ1n) is 4.02. The predicted molar refractivity (Wildman–Crippen MR) is 46.6 cm³/mol. The fraction of sp³-hybridized carbons (Fsp3) is 0.778. The molecule has 0 aromatic rings. The number of allylic oxidation sites excluding steroid dienone is 2. The van der Waals surface area contributed by atoms with Gasteiger partial charge in [0.15, 0.2) is 0 Å². The van der Waals surface area contributed by atoms with Gasteiger partial charge in [-0.1, -0.05) is 26.3 Å². The van der Waals surface area contributed by atoms with Gasteiger partial charge in [0.05, 0.1) is 0 Å². The van der Waals surface area contributed by atoms with Crippen molar-refractivity contribution in [3.8, 4) is 0 Å². The Hall–Kier alpha value is -0.460. The average molecular weight is 141 g/mol. The van der Waals surface area contributed by atoms with Gasteiger partial charge < -0.3 is 5.73 Å². The summed E-state index contributed by atoms with van der Waals surface area (Å²) in [6.45, 7) is 8.65. The Balaban J connectivity index is 3.92. The van der Waals surface area contributed by atoms with Gasteiger partial charge in [-0.3, -0.25) is 0 Å². The first-order valence-corrected chi connectivity index (χ1v) is 4.02. The van der Waals surface area contributed by atoms with Crippen molar-refractivity contribution < 1.29 is 0 Å². The molecule has 0 rings (SSSR count). The second-order valence-electron chi connectivity index (χ2n) is 3.26. The van der Waals surface area contributed by atoms with Crippen LogP contribution in [0, 0.1) is 5.92 Å². The Morgan fingerprint density at radius 3 is 2.20 bits per heavy atom. The quantitative estimate of drug-likeness (QED) is 0.642. The number of rotatable bonds is 3. The van der Waals surface area contributed by atoms with Gasteiger partial charge in [0.25, 0.3) is 0 Å². The average Bonchev–Trinajstić information content (AvgIpc) is 1.85. The monoisotopic (exact) mass is 141 g/mol. The van der Waals surface area contributed by atoms with Crippen molar-refractivity contribution in [2.24, 2.45) is 11.7 Å². The van der Waals surface area contributed by atoms with E-state index in [0.29, 0.717) is 0 Å². The molecule has 0 aliphatic heterocycles. The highest BCUT2D eigenvalue weighted by Gasteiger charge is 1.98. The van der Waals surface area contributed by atoms with Crippen molar-refractivity contribution >= 4 is 0 Å². The lowest BCUT2D eigenvalue weighted by Gasteiger charge is -2.07. The van der Waals surface area contributed by atoms with Gasteiger partial charge in [-0.2, -0.15) is 0 Å². The van der Waals surface area contributed by atoms with Crippen molar-refractivity contribution in [2.75, 3.05) is 0 Å². The second-order valence-corrected chi connectivity index (χ2v) is 3.26. The summed E-state index contributed by atoms with van der Waals surface area (Å²) in [4.78, 5) is 0. The van der Waals surface area contributed by atoms with E-state index in [0.717, 1.165) is 24.5 Å². The lowest BCUT2D eigenvalue weighted by molar-refractivity contribution is 0.635. The van der Waals surface area contributed by atoms with Crippen LogP contribution < -0.4 is 5.73 Å². The highest BCUT2D eigenvalue weighted by Crippen LogP contribution is 2.12. The summed E-state index contributed by atoms with van der Waals surface area (Å²) in [5, 5.41) is 0. The standard InChI is InChI=1S/C9H19N/c1-5-9(10)8(4)6-7(2)3/h7H,5-6,10H2,1-4H3/b9-8+. The van der Waals surface area contributed by atoms with E-state index in [9.17, 15) is 0 Å². The maximum atomic E-state index is 5.74. The van der Waals surface area contributed by atoms with Gasteiger partial charge in [0.1, 0.15) is 0 Å². The van der Waals surface area contributed by atoms with Crippen molar-refractivity contribution in [3.63, 3.8) is 0 Å². The first kappa shape index (κ1) is 9.54. The molecule has 10 heavy (non-hydrogen) atoms. The predicted octanol–water partition coefficient (Wildman–Crippen LogP) is 2.68. The second kappa shape index (κ2) is 4.37. The van der Waals surface area contributed by atoms with Gasteiger partial charge in [0, 0.05) is 5.70 Å². The van der Waals surface area contributed by atoms with Crippen molar-refractivity contribution in [3.05, 3.63) is 11.3 Å². The summed E-state index contributed by atoms with van der Waals surface area (Å²) in [7, 11) is 0. The minimum atomic E-state index is 0.727. The fourth-order valence-electron chi connectivity index (χ4n) is 1.05. The number of nitrogens with two attached hydrogens (primary N) is 1. The first-order chi connectivity index (χ1) is 4.57. The Bertz CT molecular complexity index is 123. The molecule has 0 radical (unpaired) electrons. The molecule has 2 N–H and O–H groups in total. The lowest BCUT2D eigenvalue weighted by atomic mass is 10.0. The SMILES string of the molecule is CC/C(N)=C(/C)CC(C)C. The molecule has 1 nitrogen and oxygen atoms in total. The molecule has 0 aliphatic carbocycles. The van der Waals surface area contributed by atoms with E-state index < -0.39 is 0 Å². The molecule has 0 aromatic carbocycles. The summed E-state index contributed by atoms with van der Waals surface area (Å²) >= 11 is 0. The van der Waals surface area contributed by atoms with E-state index in [4.69, 9.17) is 5.73 Å². The minimum absolute atomic E-state index is 0.727. The normalized spacial score (nSPS) is 13.7. The molecule has 0 aromatic heterocycles. The minimum Gasteiger partial charge on any atom is -0.402 e. The van der Waals surface area contributed by atoms with Gasteiger partial charge in [0.2, 0.25) is 0 Å². The molecule has 0 unspecified atom stereocenters. The van der Waals surface area contributed by atoms with Crippen LogP contribution >= 0.6 is 0 Å². The highest BCUT2D eigenvalue weighted by atomic mass is 14.6. The summed E-state index contributed by atoms with van der Waals surface area (Å²) in [5.74, 6) is 0.727. The largest absolute Gasteiger partial charge is 0.402 e. The molecule has 1 heteroatoms. The molecular formula is C9H19N. The summed E-state index contributed by atoms with van der Waals surface area (Å²) in [5.41, 5.74) is 8.17. The van der Waals surface area contributed by atoms with Crippen LogP contribution in [-0.4, -0.2) is 0 Å². The zero-order valence-electron chi connectivity index (χ0n) is 7.57. The third-order valence-electron chi connectivity index (χ3n) is 1.64. The molecule has 60 valence electrons. The molecule has 0 amide bonds. The topological polar surface area (TPSA) is 26.0 Å². The highest BCUT2D eigenvalue weighted by molar-refractivity contribution is 5.07. The van der Waals surface area contributed by atoms with Gasteiger partial charge in [-0.05, 0) is 25.7 Å². The van der Waals surface area contributed by atoms with Crippen LogP contribution in [0.3, 0.4) is 0 Å². The van der Waals surface area contributed by atoms with E-state index in [1.165, 1.54) is 5.57 Å². The van der Waals surface area contributed by atoms with E-state index >= 15 is 0 Å². The Morgan fingerprint density at radius 2 is 1.90 bits per heavy atom. The molecule has 0 saturated heterocycles. The van der Waals surface area contributed by atoms with Crippen LogP contribution in [0.1, 0.15) is 40.5 Å². The van der Waals surface area contributed by atoms with Crippen molar-refractivity contribution in [1.82, 2.24) is 0 Å². The van der Waals surface area contributed by atoms with Gasteiger partial charge >= 0.3 is 0 Å². The Kier molecular flexibility index (Phi) is 4.17. The lowest BCUT2D eigenvalue weighted by Crippen LogP contribution is -2.01. The van der Waals surface area contributed by atoms with E-state index in [1.54, 1.807) is 0 Å². The van der Waals surface area contributed by atoms with Crippen LogP contribution in [0.4, 0.5) is 0 Å². The van der Waals surface area contributed by atoms with E-state index in [1.807, 2.05) is 0 Å². The zero-order chi connectivity index (χ0) is 8.15. The fourth-order valence-corrected chi connectivity index (χ4v) is 1.05. The molecule has 0 heterocycles. The summed E-state index contributed by atoms with van der Waals surface area (Å²) in [6, 6.07) is 0. The van der Waals surface area contributed by atoms with Crippen LogP contribution in [0.2, 0.25) is 0 Å². The third kappa shape index (κ3) is 3.54. The Morgan fingerprint density at radius 1 is 1.40 bits per heavy atom. The number of hydrogen-bond donors (Lipinski definition) is 1. The smallest absolute Gasteiger partial charge is 0.00668 e. The van der Waals surface area contributed by atoms with E-state index in [-0.39, 0.29) is 0 Å². The van der Waals surface area contributed by atoms with Crippen molar-refractivity contribution in [1.29, 1.82) is 0 Å². The number of hydrogen-bond acceptors (Lipinski definition) is 1. The Labute approximate surface area is 64.3 Å². The van der Waals surface area contributed by atoms with Crippen LogP contribution in [0.15, 0.2) is 11.3 Å². The summed E-state index contributed by atoms with van der Waals surface area (Å²) < 4.78 is 0. The van der Waals surface area contributed by atoms with Gasteiger partial charge in [-0.15, -0.1) is 0 Å². The van der Waals surface area contributed by atoms with Crippen LogP contribution in [-0.2, 0) is 0 Å². The molecule has 0 atom stereocenters. The van der Waals surface area contributed by atoms with Crippen LogP contribution in [0.5, 0.6) is 0 Å². The summed E-state index contributed by atoms with van der Waals surface area (Å²) in [6.07, 6.45) is 2.12. The molecule has 0 spiro atoms. The molecular weight excluding hydrogens is 122 g/mol. The maximum Gasteiger partial charge on any atom is 0.00668 e. The maximum absolute atomic E-state index is 5.74. The molecule has 0 saturated carbocycles. The van der Waals surface area contributed by atoms with Crippen molar-refractivity contribution in [2.45, 2.75) is 40.5 Å². The third-order valence-corrected chi connectivity index (χ3v) is 1.64. The van der Waals surface area contributed by atoms with E-state index in [2.05, 4.69) is 27.7 Å². The van der Waals surface area contributed by atoms with Crippen LogP contribution in [0.25, 0.3) is 0 Å². The molecule has 0 aliphatic rings. The molecule has 0 fully saturated rings. The van der Waals surface area contributed by atoms with Gasteiger partial charge in [-0.25, -0.2) is 0 Å². The molecule has 0 bridgehead atoms.